The Morgan fingerprint density at radius 1 is 1.15 bits per heavy atom. The van der Waals surface area contributed by atoms with E-state index in [1.807, 2.05) is 6.26 Å². The number of carbonyl (C=O) groups excluding carboxylic acids is 3. The zero-order valence-electron chi connectivity index (χ0n) is 23.5. The number of likely N-dealkylation sites (tertiary alicyclic amines) is 1. The van der Waals surface area contributed by atoms with Crippen LogP contribution in [0.5, 0.6) is 11.5 Å². The zero-order valence-corrected chi connectivity index (χ0v) is 24.3. The molecule has 3 unspecified atom stereocenters. The summed E-state index contributed by atoms with van der Waals surface area (Å²) >= 11 is 1.58. The molecule has 9 heteroatoms. The fraction of sp³-hybridized carbons (Fsp3) is 0.700. The molecular formula is C30H43NO7S. The molecule has 1 aromatic carbocycles. The molecule has 1 saturated heterocycles. The third-order valence-corrected chi connectivity index (χ3v) is 10.7. The standard InChI is InChI=1S/C30H43NO7S/c1-29(2)20-9-11-30(29,3)26(17-20)38-28(37)21-6-5-12-31(21)27(36)19(10-13-39-4)16-25(35)24(34)15-18-7-8-22(32)23(33)14-18/h7-8,14,19-21,24,26,32-34H,5-6,9-13,15-17H2,1-4H3/t19-,20?,21+,24-,26?,30?/m1/s1. The van der Waals surface area contributed by atoms with Crippen molar-refractivity contribution >= 4 is 29.4 Å². The maximum Gasteiger partial charge on any atom is 0.329 e. The number of nitrogens with zero attached hydrogens (tertiary/aromatic N) is 1. The van der Waals surface area contributed by atoms with Crippen LogP contribution in [0.4, 0.5) is 0 Å². The van der Waals surface area contributed by atoms with E-state index < -0.39 is 23.8 Å². The van der Waals surface area contributed by atoms with Crippen LogP contribution in [-0.2, 0) is 25.5 Å². The van der Waals surface area contributed by atoms with Gasteiger partial charge in [0.25, 0.3) is 0 Å². The predicted octanol–water partition coefficient (Wildman–Crippen LogP) is 4.08. The Morgan fingerprint density at radius 3 is 2.51 bits per heavy atom. The second-order valence-electron chi connectivity index (χ2n) is 12.4. The highest BCUT2D eigenvalue weighted by atomic mass is 32.2. The number of fused-ring (bicyclic) bond motifs is 2. The summed E-state index contributed by atoms with van der Waals surface area (Å²) in [7, 11) is 0. The molecule has 1 heterocycles. The van der Waals surface area contributed by atoms with Crippen LogP contribution in [0.3, 0.4) is 0 Å². The van der Waals surface area contributed by atoms with Gasteiger partial charge in [0.2, 0.25) is 5.91 Å². The van der Waals surface area contributed by atoms with Crippen LogP contribution < -0.4 is 0 Å². The minimum Gasteiger partial charge on any atom is -0.504 e. The Labute approximate surface area is 235 Å². The van der Waals surface area contributed by atoms with Gasteiger partial charge < -0.3 is 25.0 Å². The largest absolute Gasteiger partial charge is 0.504 e. The number of ether oxygens (including phenoxy) is 1. The van der Waals surface area contributed by atoms with E-state index in [0.29, 0.717) is 43.0 Å². The average molecular weight is 562 g/mol. The summed E-state index contributed by atoms with van der Waals surface area (Å²) in [6, 6.07) is 3.50. The molecule has 0 radical (unpaired) electrons. The first-order valence-corrected chi connectivity index (χ1v) is 15.5. The third-order valence-electron chi connectivity index (χ3n) is 10.1. The lowest BCUT2D eigenvalue weighted by Gasteiger charge is -2.39. The van der Waals surface area contributed by atoms with Gasteiger partial charge in [-0.2, -0.15) is 11.8 Å². The summed E-state index contributed by atoms with van der Waals surface area (Å²) < 4.78 is 6.13. The average Bonchev–Trinajstić information content (AvgIpc) is 3.52. The van der Waals surface area contributed by atoms with Gasteiger partial charge in [-0.15, -0.1) is 0 Å². The van der Waals surface area contributed by atoms with Crippen molar-refractivity contribution in [3.05, 3.63) is 23.8 Å². The second-order valence-corrected chi connectivity index (χ2v) is 13.4. The van der Waals surface area contributed by atoms with Gasteiger partial charge in [0.05, 0.1) is 0 Å². The molecule has 0 spiro atoms. The SMILES string of the molecule is CSCC[C@H](CC(=O)[C@H](O)Cc1ccc(O)c(O)c1)C(=O)N1CCC[C@H]1C(=O)OC1CC2CCC1(C)C2(C)C. The number of hydrogen-bond donors (Lipinski definition) is 3. The van der Waals surface area contributed by atoms with Crippen molar-refractivity contribution in [3.63, 3.8) is 0 Å². The quantitative estimate of drug-likeness (QED) is 0.273. The Morgan fingerprint density at radius 2 is 1.90 bits per heavy atom. The molecule has 1 amide bonds. The highest BCUT2D eigenvalue weighted by Crippen LogP contribution is 2.66. The van der Waals surface area contributed by atoms with Crippen LogP contribution in [0.2, 0.25) is 0 Å². The Balaban J connectivity index is 1.40. The molecule has 8 nitrogen and oxygen atoms in total. The molecule has 3 fully saturated rings. The van der Waals surface area contributed by atoms with Crippen molar-refractivity contribution in [2.45, 2.75) is 90.4 Å². The van der Waals surface area contributed by atoms with E-state index in [9.17, 15) is 29.7 Å². The lowest BCUT2D eigenvalue weighted by Crippen LogP contribution is -2.47. The van der Waals surface area contributed by atoms with E-state index in [2.05, 4.69) is 20.8 Å². The molecule has 2 bridgehead atoms. The number of amides is 1. The van der Waals surface area contributed by atoms with Gasteiger partial charge in [-0.1, -0.05) is 26.8 Å². The summed E-state index contributed by atoms with van der Waals surface area (Å²) in [5.74, 6) is -1.05. The van der Waals surface area contributed by atoms with Crippen LogP contribution in [0.15, 0.2) is 18.2 Å². The minimum atomic E-state index is -1.35. The summed E-state index contributed by atoms with van der Waals surface area (Å²) in [6.45, 7) is 7.23. The van der Waals surface area contributed by atoms with Gasteiger partial charge in [-0.3, -0.25) is 9.59 Å². The van der Waals surface area contributed by atoms with E-state index in [0.717, 1.165) is 19.3 Å². The molecule has 2 aliphatic carbocycles. The van der Waals surface area contributed by atoms with Crippen LogP contribution in [0, 0.1) is 22.7 Å². The number of aliphatic hydroxyl groups excluding tert-OH is 1. The van der Waals surface area contributed by atoms with Gasteiger partial charge >= 0.3 is 5.97 Å². The monoisotopic (exact) mass is 561 g/mol. The number of Topliss-reactive ketones (excluding diaryl/α,β-unsaturated/α-hetero) is 1. The number of carbonyl (C=O) groups is 3. The minimum absolute atomic E-state index is 0.0354. The number of benzene rings is 1. The topological polar surface area (TPSA) is 124 Å². The van der Waals surface area contributed by atoms with Gasteiger partial charge in [0, 0.05) is 30.7 Å². The number of aromatic hydroxyl groups is 2. The fourth-order valence-corrected chi connectivity index (χ4v) is 7.54. The fourth-order valence-electron chi connectivity index (χ4n) is 7.02. The normalized spacial score (nSPS) is 28.8. The number of thioether (sulfide) groups is 1. The van der Waals surface area contributed by atoms with E-state index in [-0.39, 0.29) is 53.2 Å². The van der Waals surface area contributed by atoms with Gasteiger partial charge in [0.1, 0.15) is 18.2 Å². The molecule has 3 aliphatic rings. The molecular weight excluding hydrogens is 518 g/mol. The van der Waals surface area contributed by atoms with E-state index in [1.54, 1.807) is 16.7 Å². The van der Waals surface area contributed by atoms with Crippen LogP contribution >= 0.6 is 11.8 Å². The van der Waals surface area contributed by atoms with Crippen LogP contribution in [0.1, 0.15) is 71.3 Å². The number of phenolic OH excluding ortho intramolecular Hbond substituents is 2. The van der Waals surface area contributed by atoms with Crippen molar-refractivity contribution in [2.24, 2.45) is 22.7 Å². The molecule has 4 rings (SSSR count). The molecule has 0 aromatic heterocycles. The molecule has 1 aliphatic heterocycles. The van der Waals surface area contributed by atoms with Gasteiger partial charge in [-0.05, 0) is 79.6 Å². The lowest BCUT2D eigenvalue weighted by molar-refractivity contribution is -0.165. The first-order valence-electron chi connectivity index (χ1n) is 14.1. The maximum atomic E-state index is 13.7. The second kappa shape index (κ2) is 11.7. The molecule has 1 aromatic rings. The van der Waals surface area contributed by atoms with Gasteiger partial charge in [0.15, 0.2) is 17.3 Å². The summed E-state index contributed by atoms with van der Waals surface area (Å²) in [6.07, 6.45) is 5.09. The van der Waals surface area contributed by atoms with Gasteiger partial charge in [-0.25, -0.2) is 4.79 Å². The maximum absolute atomic E-state index is 13.7. The molecule has 3 N–H and O–H groups in total. The smallest absolute Gasteiger partial charge is 0.329 e. The number of esters is 1. The van der Waals surface area contributed by atoms with Crippen LogP contribution in [-0.4, -0.2) is 74.7 Å². The van der Waals surface area contributed by atoms with Crippen LogP contribution in [0.25, 0.3) is 0 Å². The lowest BCUT2D eigenvalue weighted by atomic mass is 9.70. The third kappa shape index (κ3) is 5.80. The number of rotatable bonds is 11. The first kappa shape index (κ1) is 29.7. The summed E-state index contributed by atoms with van der Waals surface area (Å²) in [5, 5.41) is 29.8. The predicted molar refractivity (Wildman–Crippen MR) is 149 cm³/mol. The highest BCUT2D eigenvalue weighted by Gasteiger charge is 2.63. The molecule has 6 atom stereocenters. The van der Waals surface area contributed by atoms with E-state index in [1.165, 1.54) is 18.2 Å². The van der Waals surface area contributed by atoms with E-state index >= 15 is 0 Å². The highest BCUT2D eigenvalue weighted by molar-refractivity contribution is 7.98. The molecule has 216 valence electrons. The first-order chi connectivity index (χ1) is 18.4. The number of ketones is 1. The number of phenols is 2. The Bertz CT molecular complexity index is 1090. The molecule has 39 heavy (non-hydrogen) atoms. The summed E-state index contributed by atoms with van der Waals surface area (Å²) in [4.78, 5) is 41.7. The molecule has 2 saturated carbocycles. The zero-order chi connectivity index (χ0) is 28.5. The van der Waals surface area contributed by atoms with Crippen molar-refractivity contribution in [2.75, 3.05) is 18.6 Å². The summed E-state index contributed by atoms with van der Waals surface area (Å²) in [5.41, 5.74) is 0.558. The Kier molecular flexibility index (Phi) is 8.91. The van der Waals surface area contributed by atoms with Crippen molar-refractivity contribution in [3.8, 4) is 11.5 Å². The van der Waals surface area contributed by atoms with Crippen molar-refractivity contribution in [1.29, 1.82) is 0 Å². The van der Waals surface area contributed by atoms with Crippen molar-refractivity contribution in [1.82, 2.24) is 4.90 Å². The van der Waals surface area contributed by atoms with Crippen molar-refractivity contribution < 1.29 is 34.4 Å². The number of aliphatic hydroxyl groups is 1. The van der Waals surface area contributed by atoms with E-state index in [4.69, 9.17) is 4.74 Å². The Hall–Kier alpha value is -2.26. The number of hydrogen-bond acceptors (Lipinski definition) is 8.